The summed E-state index contributed by atoms with van der Waals surface area (Å²) >= 11 is 5.83. The van der Waals surface area contributed by atoms with Gasteiger partial charge in [-0.15, -0.1) is 11.6 Å². The van der Waals surface area contributed by atoms with E-state index >= 15 is 0 Å². The number of H-pyrrole nitrogens is 1. The number of alkyl halides is 1. The van der Waals surface area contributed by atoms with E-state index in [1.165, 1.54) is 6.20 Å². The van der Waals surface area contributed by atoms with Crippen LogP contribution in [0.1, 0.15) is 6.23 Å². The van der Waals surface area contributed by atoms with Crippen LogP contribution in [0.3, 0.4) is 0 Å². The topological polar surface area (TPSA) is 105 Å². The molecule has 0 amide bonds. The first-order chi connectivity index (χ1) is 8.04. The smallest absolute Gasteiger partial charge is 0.330 e. The zero-order chi connectivity index (χ0) is 12.6. The molecule has 0 saturated carbocycles. The number of hydrogen-bond acceptors (Lipinski definition) is 5. The monoisotopic (exact) mass is 262 g/mol. The van der Waals surface area contributed by atoms with Crippen LogP contribution in [0.4, 0.5) is 0 Å². The van der Waals surface area contributed by atoms with Gasteiger partial charge in [0.05, 0.1) is 12.0 Å². The van der Waals surface area contributed by atoms with Crippen LogP contribution in [0.25, 0.3) is 0 Å². The first kappa shape index (κ1) is 12.3. The summed E-state index contributed by atoms with van der Waals surface area (Å²) in [6.45, 7) is -0.361. The van der Waals surface area contributed by atoms with Gasteiger partial charge in [-0.25, -0.2) is 4.79 Å². The van der Waals surface area contributed by atoms with Gasteiger partial charge in [-0.1, -0.05) is 0 Å². The number of aliphatic hydroxyl groups is 2. The zero-order valence-corrected chi connectivity index (χ0v) is 9.37. The molecule has 0 spiro atoms. The molecule has 4 atom stereocenters. The Morgan fingerprint density at radius 3 is 2.76 bits per heavy atom. The van der Waals surface area contributed by atoms with E-state index < -0.39 is 35.1 Å². The fourth-order valence-corrected chi connectivity index (χ4v) is 1.98. The van der Waals surface area contributed by atoms with E-state index in [1.54, 1.807) is 0 Å². The Kier molecular flexibility index (Phi) is 3.34. The molecule has 0 unspecified atom stereocenters. The van der Waals surface area contributed by atoms with E-state index in [0.29, 0.717) is 0 Å². The quantitative estimate of drug-likeness (QED) is 0.557. The molecule has 3 N–H and O–H groups in total. The van der Waals surface area contributed by atoms with Gasteiger partial charge in [-0.3, -0.25) is 14.3 Å². The molecule has 2 rings (SSSR count). The van der Waals surface area contributed by atoms with Gasteiger partial charge in [-0.2, -0.15) is 0 Å². The van der Waals surface area contributed by atoms with Gasteiger partial charge >= 0.3 is 5.69 Å². The number of aromatic amines is 1. The lowest BCUT2D eigenvalue weighted by Gasteiger charge is -2.16. The number of ether oxygens (including phenoxy) is 1. The number of nitrogens with zero attached hydrogens (tertiary/aromatic N) is 1. The summed E-state index contributed by atoms with van der Waals surface area (Å²) in [4.78, 5) is 24.4. The average molecular weight is 263 g/mol. The Morgan fingerprint density at radius 1 is 1.53 bits per heavy atom. The lowest BCUT2D eigenvalue weighted by atomic mass is 10.2. The van der Waals surface area contributed by atoms with Gasteiger partial charge in [0, 0.05) is 12.3 Å². The molecule has 2 heterocycles. The molecule has 94 valence electrons. The molecule has 1 aliphatic heterocycles. The number of hydrogen-bond donors (Lipinski definition) is 3. The van der Waals surface area contributed by atoms with Crippen molar-refractivity contribution in [2.24, 2.45) is 0 Å². The van der Waals surface area contributed by atoms with Gasteiger partial charge in [0.2, 0.25) is 0 Å². The first-order valence-electron chi connectivity index (χ1n) is 4.94. The summed E-state index contributed by atoms with van der Waals surface area (Å²) in [6, 6.07) is 1.13. The molecular weight excluding hydrogens is 252 g/mol. The lowest BCUT2D eigenvalue weighted by Crippen LogP contribution is -2.36. The van der Waals surface area contributed by atoms with Crippen LogP contribution in [0.5, 0.6) is 0 Å². The van der Waals surface area contributed by atoms with Crippen LogP contribution in [0.2, 0.25) is 0 Å². The van der Waals surface area contributed by atoms with E-state index in [0.717, 1.165) is 10.6 Å². The van der Waals surface area contributed by atoms with Crippen molar-refractivity contribution >= 4 is 11.6 Å². The number of aromatic nitrogens is 2. The summed E-state index contributed by atoms with van der Waals surface area (Å²) in [7, 11) is 0. The molecule has 1 fully saturated rings. The third kappa shape index (κ3) is 2.14. The van der Waals surface area contributed by atoms with Crippen molar-refractivity contribution in [2.45, 2.75) is 23.8 Å². The van der Waals surface area contributed by atoms with E-state index in [1.807, 2.05) is 4.98 Å². The highest BCUT2D eigenvalue weighted by molar-refractivity contribution is 6.21. The molecule has 0 bridgehead atoms. The molecule has 0 aromatic carbocycles. The normalized spacial score (nSPS) is 32.9. The second kappa shape index (κ2) is 4.61. The van der Waals surface area contributed by atoms with E-state index in [2.05, 4.69) is 0 Å². The molecule has 1 aliphatic rings. The van der Waals surface area contributed by atoms with Gasteiger partial charge < -0.3 is 14.9 Å². The van der Waals surface area contributed by atoms with E-state index in [4.69, 9.17) is 21.4 Å². The first-order valence-corrected chi connectivity index (χ1v) is 5.38. The van der Waals surface area contributed by atoms with Crippen LogP contribution in [0, 0.1) is 0 Å². The molecule has 1 aromatic heterocycles. The maximum Gasteiger partial charge on any atom is 0.330 e. The molecule has 0 aliphatic carbocycles. The molecule has 7 nitrogen and oxygen atoms in total. The third-order valence-electron chi connectivity index (χ3n) is 2.59. The largest absolute Gasteiger partial charge is 0.394 e. The Hall–Kier alpha value is -1.15. The SMILES string of the molecule is O=c1ccn([C@@H]2O[C@H](CO)[C@@H](Cl)[C@@H]2O)c(=O)[nH]1. The van der Waals surface area contributed by atoms with Crippen LogP contribution >= 0.6 is 11.6 Å². The molecule has 8 heteroatoms. The fraction of sp³-hybridized carbons (Fsp3) is 0.556. The molecule has 1 aromatic rings. The predicted molar refractivity (Wildman–Crippen MR) is 58.0 cm³/mol. The van der Waals surface area contributed by atoms with Crippen LogP contribution in [-0.4, -0.2) is 44.0 Å². The fourth-order valence-electron chi connectivity index (χ4n) is 1.71. The highest BCUT2D eigenvalue weighted by atomic mass is 35.5. The van der Waals surface area contributed by atoms with E-state index in [9.17, 15) is 14.7 Å². The predicted octanol–water partition coefficient (Wildman–Crippen LogP) is -1.61. The van der Waals surface area contributed by atoms with Gasteiger partial charge in [-0.05, 0) is 0 Å². The minimum Gasteiger partial charge on any atom is -0.394 e. The van der Waals surface area contributed by atoms with Gasteiger partial charge in [0.25, 0.3) is 5.56 Å². The standard InChI is InChI=1S/C9H11ClN2O5/c10-6-4(3-13)17-8(7(6)15)12-2-1-5(14)11-9(12)16/h1-2,4,6-8,13,15H,3H2,(H,11,14,16)/t4-,6-,7+,8-/m1/s1. The van der Waals surface area contributed by atoms with Crippen molar-refractivity contribution in [3.8, 4) is 0 Å². The molecule has 17 heavy (non-hydrogen) atoms. The van der Waals surface area contributed by atoms with Gasteiger partial charge in [0.15, 0.2) is 6.23 Å². The number of aliphatic hydroxyl groups excluding tert-OH is 2. The maximum absolute atomic E-state index is 11.5. The van der Waals surface area contributed by atoms with Gasteiger partial charge in [0.1, 0.15) is 12.2 Å². The summed E-state index contributed by atoms with van der Waals surface area (Å²) in [5.74, 6) is 0. The van der Waals surface area contributed by atoms with Crippen LogP contribution in [-0.2, 0) is 4.74 Å². The Balaban J connectivity index is 2.35. The lowest BCUT2D eigenvalue weighted by molar-refractivity contribution is -0.0530. The third-order valence-corrected chi connectivity index (χ3v) is 3.13. The highest BCUT2D eigenvalue weighted by Gasteiger charge is 2.43. The van der Waals surface area contributed by atoms with Crippen LogP contribution in [0.15, 0.2) is 21.9 Å². The second-order valence-electron chi connectivity index (χ2n) is 3.70. The molecule has 1 saturated heterocycles. The molecular formula is C9H11ClN2O5. The number of halogens is 1. The molecule has 0 radical (unpaired) electrons. The minimum atomic E-state index is -1.14. The maximum atomic E-state index is 11.5. The number of rotatable bonds is 2. The summed E-state index contributed by atoms with van der Waals surface area (Å²) in [6.07, 6.45) is -1.70. The Labute approximate surface area is 100 Å². The number of nitrogens with one attached hydrogen (secondary N) is 1. The zero-order valence-electron chi connectivity index (χ0n) is 8.62. The van der Waals surface area contributed by atoms with Crippen molar-refractivity contribution in [3.05, 3.63) is 33.1 Å². The van der Waals surface area contributed by atoms with Crippen molar-refractivity contribution < 1.29 is 14.9 Å². The second-order valence-corrected chi connectivity index (χ2v) is 4.20. The van der Waals surface area contributed by atoms with Crippen molar-refractivity contribution in [1.29, 1.82) is 0 Å². The van der Waals surface area contributed by atoms with E-state index in [-0.39, 0.29) is 6.61 Å². The van der Waals surface area contributed by atoms with Crippen molar-refractivity contribution in [3.63, 3.8) is 0 Å². The van der Waals surface area contributed by atoms with Crippen molar-refractivity contribution in [1.82, 2.24) is 9.55 Å². The average Bonchev–Trinajstić information content (AvgIpc) is 2.57. The summed E-state index contributed by atoms with van der Waals surface area (Å²) < 4.78 is 6.28. The van der Waals surface area contributed by atoms with Crippen molar-refractivity contribution in [2.75, 3.05) is 6.61 Å². The summed E-state index contributed by atoms with van der Waals surface area (Å²) in [5.41, 5.74) is -1.25. The minimum absolute atomic E-state index is 0.361. The summed E-state index contributed by atoms with van der Waals surface area (Å²) in [5, 5.41) is 17.9. The Morgan fingerprint density at radius 2 is 2.24 bits per heavy atom. The highest BCUT2D eigenvalue weighted by Crippen LogP contribution is 2.31. The Bertz CT molecular complexity index is 513. The van der Waals surface area contributed by atoms with Crippen LogP contribution < -0.4 is 11.2 Å².